The Labute approximate surface area is 111 Å². The minimum atomic E-state index is 0.0593. The number of rotatable bonds is 3. The third-order valence-electron chi connectivity index (χ3n) is 2.82. The van der Waals surface area contributed by atoms with E-state index in [1.54, 1.807) is 18.5 Å². The van der Waals surface area contributed by atoms with Gasteiger partial charge >= 0.3 is 0 Å². The van der Waals surface area contributed by atoms with E-state index in [0.29, 0.717) is 5.56 Å². The Bertz CT molecular complexity index is 611. The molecule has 0 spiro atoms. The van der Waals surface area contributed by atoms with Crippen LogP contribution in [0.15, 0.2) is 41.8 Å². The van der Waals surface area contributed by atoms with Gasteiger partial charge in [-0.25, -0.2) is 4.98 Å². The summed E-state index contributed by atoms with van der Waals surface area (Å²) in [6.45, 7) is 1.88. The summed E-state index contributed by atoms with van der Waals surface area (Å²) >= 11 is 0. The van der Waals surface area contributed by atoms with Gasteiger partial charge in [0.1, 0.15) is 0 Å². The largest absolute Gasteiger partial charge is 0.409 e. The zero-order valence-corrected chi connectivity index (χ0v) is 10.8. The molecule has 98 valence electrons. The third-order valence-corrected chi connectivity index (χ3v) is 2.82. The fourth-order valence-corrected chi connectivity index (χ4v) is 1.88. The van der Waals surface area contributed by atoms with Crippen LogP contribution in [0, 0.1) is 6.92 Å². The van der Waals surface area contributed by atoms with Crippen molar-refractivity contribution >= 4 is 17.3 Å². The summed E-state index contributed by atoms with van der Waals surface area (Å²) in [4.78, 5) is 10.4. The highest BCUT2D eigenvalue weighted by Gasteiger charge is 2.14. The number of nitrogens with zero attached hydrogens (tertiary/aromatic N) is 4. The molecular weight excluding hydrogens is 242 g/mol. The number of hydrogen-bond donors (Lipinski definition) is 2. The minimum absolute atomic E-state index is 0.0593. The lowest BCUT2D eigenvalue weighted by atomic mass is 10.1. The second-order valence-electron chi connectivity index (χ2n) is 4.03. The van der Waals surface area contributed by atoms with Gasteiger partial charge in [-0.15, -0.1) is 0 Å². The number of anilines is 2. The first-order chi connectivity index (χ1) is 9.15. The highest BCUT2D eigenvalue weighted by molar-refractivity contribution is 6.02. The number of nitrogens with two attached hydrogens (primary N) is 1. The molecule has 0 atom stereocenters. The van der Waals surface area contributed by atoms with Crippen LogP contribution in [-0.4, -0.2) is 28.1 Å². The van der Waals surface area contributed by atoms with Crippen LogP contribution >= 0.6 is 0 Å². The Hall–Kier alpha value is -2.63. The van der Waals surface area contributed by atoms with Crippen molar-refractivity contribution < 1.29 is 5.21 Å². The molecule has 0 fully saturated rings. The standard InChI is InChI=1S/C13H15N5O/c1-9-13(16-8-7-15-9)18(2)11-6-4-3-5-10(11)12(14)17-19/h3-8,19H,1-2H3,(H2,14,17). The monoisotopic (exact) mass is 257 g/mol. The average molecular weight is 257 g/mol. The number of oxime groups is 1. The van der Waals surface area contributed by atoms with Crippen molar-refractivity contribution in [1.82, 2.24) is 9.97 Å². The molecule has 1 aromatic carbocycles. The Morgan fingerprint density at radius 3 is 2.63 bits per heavy atom. The number of para-hydroxylation sites is 1. The maximum Gasteiger partial charge on any atom is 0.172 e. The molecule has 0 amide bonds. The third kappa shape index (κ3) is 2.47. The van der Waals surface area contributed by atoms with E-state index in [9.17, 15) is 0 Å². The maximum absolute atomic E-state index is 8.84. The lowest BCUT2D eigenvalue weighted by Gasteiger charge is -2.22. The van der Waals surface area contributed by atoms with E-state index in [4.69, 9.17) is 10.9 Å². The first kappa shape index (κ1) is 12.8. The highest BCUT2D eigenvalue weighted by Crippen LogP contribution is 2.26. The molecule has 1 heterocycles. The number of benzene rings is 1. The predicted molar refractivity (Wildman–Crippen MR) is 73.8 cm³/mol. The molecule has 0 saturated heterocycles. The van der Waals surface area contributed by atoms with Crippen LogP contribution in [-0.2, 0) is 0 Å². The second-order valence-corrected chi connectivity index (χ2v) is 4.03. The number of aromatic nitrogens is 2. The van der Waals surface area contributed by atoms with Gasteiger partial charge in [0.15, 0.2) is 11.7 Å². The summed E-state index contributed by atoms with van der Waals surface area (Å²) in [6, 6.07) is 7.37. The van der Waals surface area contributed by atoms with Gasteiger partial charge in [-0.05, 0) is 19.1 Å². The molecule has 6 nitrogen and oxygen atoms in total. The molecule has 0 aliphatic heterocycles. The molecule has 0 bridgehead atoms. The SMILES string of the molecule is Cc1nccnc1N(C)c1ccccc1/C(N)=N/O. The summed E-state index contributed by atoms with van der Waals surface area (Å²) in [6.07, 6.45) is 3.27. The summed E-state index contributed by atoms with van der Waals surface area (Å²) in [5.74, 6) is 0.782. The number of hydrogen-bond acceptors (Lipinski definition) is 5. The molecule has 3 N–H and O–H groups in total. The van der Waals surface area contributed by atoms with E-state index < -0.39 is 0 Å². The number of amidine groups is 1. The summed E-state index contributed by atoms with van der Waals surface area (Å²) in [5, 5.41) is 11.9. The van der Waals surface area contributed by atoms with Gasteiger partial charge < -0.3 is 15.8 Å². The van der Waals surface area contributed by atoms with Crippen LogP contribution in [0.4, 0.5) is 11.5 Å². The molecule has 0 aliphatic rings. The van der Waals surface area contributed by atoms with Crippen LogP contribution < -0.4 is 10.6 Å². The Morgan fingerprint density at radius 1 is 1.26 bits per heavy atom. The zero-order chi connectivity index (χ0) is 13.8. The first-order valence-electron chi connectivity index (χ1n) is 5.73. The van der Waals surface area contributed by atoms with Crippen molar-refractivity contribution in [2.75, 3.05) is 11.9 Å². The van der Waals surface area contributed by atoms with E-state index in [1.807, 2.05) is 37.1 Å². The minimum Gasteiger partial charge on any atom is -0.409 e. The van der Waals surface area contributed by atoms with Crippen molar-refractivity contribution in [2.24, 2.45) is 10.9 Å². The van der Waals surface area contributed by atoms with E-state index >= 15 is 0 Å². The van der Waals surface area contributed by atoms with Crippen LogP contribution in [0.2, 0.25) is 0 Å². The quantitative estimate of drug-likeness (QED) is 0.378. The normalized spacial score (nSPS) is 11.4. The van der Waals surface area contributed by atoms with Gasteiger partial charge in [0.25, 0.3) is 0 Å². The van der Waals surface area contributed by atoms with E-state index in [1.165, 1.54) is 0 Å². The van der Waals surface area contributed by atoms with Crippen LogP contribution in [0.3, 0.4) is 0 Å². The van der Waals surface area contributed by atoms with Crippen LogP contribution in [0.1, 0.15) is 11.3 Å². The van der Waals surface area contributed by atoms with Gasteiger partial charge in [0.2, 0.25) is 0 Å². The molecule has 0 saturated carbocycles. The maximum atomic E-state index is 8.84. The van der Waals surface area contributed by atoms with Crippen molar-refractivity contribution in [3.8, 4) is 0 Å². The lowest BCUT2D eigenvalue weighted by Crippen LogP contribution is -2.20. The fraction of sp³-hybridized carbons (Fsp3) is 0.154. The molecule has 19 heavy (non-hydrogen) atoms. The summed E-state index contributed by atoms with van der Waals surface area (Å²) in [5.41, 5.74) is 7.92. The van der Waals surface area contributed by atoms with Crippen LogP contribution in [0.25, 0.3) is 0 Å². The van der Waals surface area contributed by atoms with Gasteiger partial charge in [-0.2, -0.15) is 0 Å². The first-order valence-corrected chi connectivity index (χ1v) is 5.73. The zero-order valence-electron chi connectivity index (χ0n) is 10.8. The lowest BCUT2D eigenvalue weighted by molar-refractivity contribution is 0.318. The van der Waals surface area contributed by atoms with E-state index in [2.05, 4.69) is 15.1 Å². The predicted octanol–water partition coefficient (Wildman–Crippen LogP) is 1.65. The van der Waals surface area contributed by atoms with Crippen molar-refractivity contribution in [3.05, 3.63) is 47.9 Å². The smallest absolute Gasteiger partial charge is 0.172 e. The van der Waals surface area contributed by atoms with Gasteiger partial charge in [-0.3, -0.25) is 4.98 Å². The molecule has 0 aliphatic carbocycles. The summed E-state index contributed by atoms with van der Waals surface area (Å²) < 4.78 is 0. The number of aryl methyl sites for hydroxylation is 1. The Balaban J connectivity index is 2.51. The van der Waals surface area contributed by atoms with E-state index in [-0.39, 0.29) is 5.84 Å². The molecule has 1 aromatic heterocycles. The fourth-order valence-electron chi connectivity index (χ4n) is 1.88. The van der Waals surface area contributed by atoms with Crippen LogP contribution in [0.5, 0.6) is 0 Å². The topological polar surface area (TPSA) is 87.6 Å². The Morgan fingerprint density at radius 2 is 1.95 bits per heavy atom. The van der Waals surface area contributed by atoms with Gasteiger partial charge in [0, 0.05) is 25.0 Å². The molecule has 6 heteroatoms. The Kier molecular flexibility index (Phi) is 3.61. The summed E-state index contributed by atoms with van der Waals surface area (Å²) in [7, 11) is 1.86. The van der Waals surface area contributed by atoms with E-state index in [0.717, 1.165) is 17.2 Å². The van der Waals surface area contributed by atoms with Gasteiger partial charge in [0.05, 0.1) is 11.4 Å². The van der Waals surface area contributed by atoms with Crippen molar-refractivity contribution in [1.29, 1.82) is 0 Å². The molecule has 2 rings (SSSR count). The second kappa shape index (κ2) is 5.34. The van der Waals surface area contributed by atoms with Crippen molar-refractivity contribution in [3.63, 3.8) is 0 Å². The van der Waals surface area contributed by atoms with Crippen molar-refractivity contribution in [2.45, 2.75) is 6.92 Å². The molecular formula is C13H15N5O. The van der Waals surface area contributed by atoms with Gasteiger partial charge in [-0.1, -0.05) is 17.3 Å². The molecule has 0 radical (unpaired) electrons. The average Bonchev–Trinajstić information content (AvgIpc) is 2.46. The molecule has 0 unspecified atom stereocenters. The highest BCUT2D eigenvalue weighted by atomic mass is 16.4. The molecule has 2 aromatic rings.